The van der Waals surface area contributed by atoms with Crippen molar-refractivity contribution in [2.75, 3.05) is 18.5 Å². The van der Waals surface area contributed by atoms with E-state index in [1.165, 1.54) is 204 Å². The van der Waals surface area contributed by atoms with E-state index in [-0.39, 0.29) is 56.9 Å². The Kier molecular flexibility index (Phi) is 50.4. The number of aryl methyl sites for hydroxylation is 8. The zero-order valence-corrected chi connectivity index (χ0v) is 74.7. The van der Waals surface area contributed by atoms with Crippen LogP contribution >= 0.6 is 173 Å². The molecule has 504 valence electrons. The molecule has 0 aliphatic rings. The smallest absolute Gasteiger partial charge is 0.870 e. The van der Waals surface area contributed by atoms with Gasteiger partial charge in [0.25, 0.3) is 0 Å². The average Bonchev–Trinajstić information content (AvgIpc) is 1.72. The van der Waals surface area contributed by atoms with Crippen LogP contribution in [0.3, 0.4) is 0 Å². The van der Waals surface area contributed by atoms with Crippen molar-refractivity contribution in [2.24, 2.45) is 0 Å². The Morgan fingerprint density at radius 1 is 0.409 bits per heavy atom. The van der Waals surface area contributed by atoms with Crippen molar-refractivity contribution < 1.29 is 71.4 Å². The molecule has 4 nitrogen and oxygen atoms in total. The first-order valence-corrected chi connectivity index (χ1v) is 46.3. The van der Waals surface area contributed by atoms with Crippen molar-refractivity contribution in [3.05, 3.63) is 186 Å². The summed E-state index contributed by atoms with van der Waals surface area (Å²) in [6.45, 7) is 12.9. The molecule has 6 heterocycles. The van der Waals surface area contributed by atoms with E-state index in [1.54, 1.807) is 29.8 Å². The number of unbranched alkanes of at least 4 members (excludes halogenated alkanes) is 12. The molecule has 0 radical (unpaired) electrons. The second-order valence-electron chi connectivity index (χ2n) is 22.3. The third-order valence-corrected chi connectivity index (χ3v) is 25.5. The molecular formula is C74H97Br5KO4P3S6. The predicted octanol–water partition coefficient (Wildman–Crippen LogP) is 26.5. The van der Waals surface area contributed by atoms with Crippen LogP contribution in [0, 0.1) is 13.8 Å². The van der Waals surface area contributed by atoms with Gasteiger partial charge in [-0.15, -0.1) is 85.9 Å². The first-order chi connectivity index (χ1) is 44.3. The molecule has 0 amide bonds. The number of ether oxygens (including phenoxy) is 2. The Morgan fingerprint density at radius 2 is 0.753 bits per heavy atom. The fraction of sp³-hybridized carbons (Fsp3) is 0.432. The van der Waals surface area contributed by atoms with Gasteiger partial charge in [-0.3, -0.25) is 0 Å². The van der Waals surface area contributed by atoms with Gasteiger partial charge in [-0.25, -0.2) is 0 Å². The summed E-state index contributed by atoms with van der Waals surface area (Å²) in [5.41, 5.74) is 8.98. The molecule has 0 saturated heterocycles. The van der Waals surface area contributed by atoms with Gasteiger partial charge in [0.15, 0.2) is 0 Å². The molecule has 2 unspecified atom stereocenters. The summed E-state index contributed by atoms with van der Waals surface area (Å²) in [6, 6.07) is 43.2. The maximum atomic E-state index is 8.63. The molecule has 93 heavy (non-hydrogen) atoms. The van der Waals surface area contributed by atoms with Crippen LogP contribution in [0.25, 0.3) is 29.3 Å². The van der Waals surface area contributed by atoms with Crippen LogP contribution in [0.4, 0.5) is 0 Å². The molecule has 2 atom stereocenters. The molecule has 0 bridgehead atoms. The van der Waals surface area contributed by atoms with Gasteiger partial charge in [0.1, 0.15) is 17.2 Å². The van der Waals surface area contributed by atoms with E-state index in [0.29, 0.717) is 5.75 Å². The summed E-state index contributed by atoms with van der Waals surface area (Å²) in [5, 5.41) is 9.73. The fourth-order valence-corrected chi connectivity index (χ4v) is 20.0. The zero-order valence-electron chi connectivity index (χ0n) is 55.4. The van der Waals surface area contributed by atoms with E-state index >= 15 is 0 Å². The molecule has 0 saturated carbocycles. The normalized spacial score (nSPS) is 10.6. The van der Waals surface area contributed by atoms with Gasteiger partial charge in [-0.05, 0) is 280 Å². The summed E-state index contributed by atoms with van der Waals surface area (Å²) in [4.78, 5) is 11.6. The number of aromatic hydroxyl groups is 1. The van der Waals surface area contributed by atoms with Crippen molar-refractivity contribution in [1.29, 1.82) is 0 Å². The molecule has 0 aliphatic heterocycles. The number of thiophene rings is 6. The van der Waals surface area contributed by atoms with Gasteiger partial charge in [0.2, 0.25) is 0 Å². The minimum atomic E-state index is 0. The Balaban J connectivity index is 0.000000336. The third kappa shape index (κ3) is 34.9. The van der Waals surface area contributed by atoms with E-state index in [9.17, 15) is 0 Å². The number of rotatable bonds is 34. The largest absolute Gasteiger partial charge is 1.00 e. The van der Waals surface area contributed by atoms with Gasteiger partial charge in [-0.2, -0.15) is 0 Å². The molecule has 3 aromatic carbocycles. The SMILES string of the molecule is CCCCCCc1cc(-c2sc(Br)cc2CCCCBr)sc1Br.CCCCCCc1cc(-c2sc(Br)cc2CCCCOc2ccccc2)sc1Br.CCCCCCc1cc(-c2sc(C)cc2CCCCOc2ccccc2)sc1C.Oc1ccccc1.PPP.[K+].[OH-]. The quantitative estimate of drug-likeness (QED) is 0.0189. The summed E-state index contributed by atoms with van der Waals surface area (Å²) >= 11 is 30.0. The summed E-state index contributed by atoms with van der Waals surface area (Å²) in [5.74, 6) is 2.25. The number of benzene rings is 3. The van der Waals surface area contributed by atoms with Crippen molar-refractivity contribution in [3.8, 4) is 46.5 Å². The van der Waals surface area contributed by atoms with Crippen LogP contribution in [0.5, 0.6) is 17.2 Å². The zero-order chi connectivity index (χ0) is 65.4. The van der Waals surface area contributed by atoms with Gasteiger partial charge < -0.3 is 20.1 Å². The maximum Gasteiger partial charge on any atom is 1.00 e. The number of phenols is 1. The Labute approximate surface area is 675 Å². The van der Waals surface area contributed by atoms with Crippen molar-refractivity contribution >= 4 is 173 Å². The van der Waals surface area contributed by atoms with Crippen molar-refractivity contribution in [2.45, 2.75) is 189 Å². The molecule has 2 N–H and O–H groups in total. The van der Waals surface area contributed by atoms with E-state index in [2.05, 4.69) is 169 Å². The monoisotopic (exact) mass is 1770 g/mol. The third-order valence-electron chi connectivity index (χ3n) is 14.9. The van der Waals surface area contributed by atoms with Crippen molar-refractivity contribution in [3.63, 3.8) is 0 Å². The van der Waals surface area contributed by atoms with E-state index < -0.39 is 0 Å². The van der Waals surface area contributed by atoms with Gasteiger partial charge in [0.05, 0.1) is 28.4 Å². The summed E-state index contributed by atoms with van der Waals surface area (Å²) in [6.07, 6.45) is 29.9. The van der Waals surface area contributed by atoms with Crippen LogP contribution < -0.4 is 60.9 Å². The van der Waals surface area contributed by atoms with E-state index in [0.717, 1.165) is 70.1 Å². The second-order valence-corrected chi connectivity index (χ2v) is 39.6. The predicted molar refractivity (Wildman–Crippen MR) is 441 cm³/mol. The molecule has 0 spiro atoms. The Hall–Kier alpha value is 0.546. The number of phenolic OH excluding ortho intramolecular Hbond substituents is 1. The molecule has 0 aliphatic carbocycles. The molecule has 9 rings (SSSR count). The number of halogens is 5. The Bertz CT molecular complexity index is 3190. The number of hydrogen-bond acceptors (Lipinski definition) is 10. The molecular weight excluding hydrogens is 1680 g/mol. The fourth-order valence-electron chi connectivity index (χ4n) is 10.1. The van der Waals surface area contributed by atoms with Crippen LogP contribution in [0.2, 0.25) is 0 Å². The first kappa shape index (κ1) is 87.8. The molecule has 0 fully saturated rings. The van der Waals surface area contributed by atoms with Crippen LogP contribution in [0.15, 0.2) is 143 Å². The molecule has 6 aromatic heterocycles. The van der Waals surface area contributed by atoms with E-state index in [1.807, 2.05) is 135 Å². The topological polar surface area (TPSA) is 68.7 Å². The molecule has 9 aromatic rings. The van der Waals surface area contributed by atoms with Gasteiger partial charge >= 0.3 is 51.4 Å². The van der Waals surface area contributed by atoms with E-state index in [4.69, 9.17) is 14.6 Å². The summed E-state index contributed by atoms with van der Waals surface area (Å²) in [7, 11) is 6.06. The van der Waals surface area contributed by atoms with Gasteiger partial charge in [0, 0.05) is 44.3 Å². The van der Waals surface area contributed by atoms with Crippen LogP contribution in [-0.4, -0.2) is 29.1 Å². The first-order valence-electron chi connectivity index (χ1n) is 32.4. The number of alkyl halides is 1. The standard InChI is InChI=1S/C26H34OS2.C24H28Br2OS2.C18H23Br3S2.C6H6O.K.H2O.H5P3/c1-4-5-6-8-13-22-19-25(29-21(22)3)26-23(18-20(2)28-26)14-11-12-17-27-24-15-9-7-10-16-24;1-2-3-4-6-12-19-16-21(28-24(19)26)23-18(17-22(25)29-23)11-9-10-15-27-20-13-7-5-8-14-20;1-2-3-4-5-9-14-11-15(22-18(14)21)17-13(8-6-7-10-19)12-16(20)23-17;7-6-4-2-1-3-5-6;;;1-3-2/h7,9-10,15-16,18-19H,4-6,8,11-14,17H2,1-3H3;5,7-8,13-14,16-17H,2-4,6,9-12,15H2,1H3;11-12H,2-10H2,1H3;1-5,7H;;1H2;3H,1-2H2/q;;;;+1;;/p-1. The van der Waals surface area contributed by atoms with Gasteiger partial charge in [-0.1, -0.05) is 157 Å². The maximum absolute atomic E-state index is 8.63. The minimum Gasteiger partial charge on any atom is -0.870 e. The van der Waals surface area contributed by atoms with Crippen molar-refractivity contribution in [1.82, 2.24) is 0 Å². The average molecular weight is 1770 g/mol. The second kappa shape index (κ2) is 53.4. The minimum absolute atomic E-state index is 0. The molecule has 19 heteroatoms. The van der Waals surface area contributed by atoms with Crippen LogP contribution in [-0.2, 0) is 38.5 Å². The summed E-state index contributed by atoms with van der Waals surface area (Å²) < 4.78 is 16.8. The number of para-hydroxylation sites is 3. The number of hydrogen-bond donors (Lipinski definition) is 1. The Morgan fingerprint density at radius 3 is 1.15 bits per heavy atom. The van der Waals surface area contributed by atoms with Crippen LogP contribution in [0.1, 0.15) is 179 Å².